The van der Waals surface area contributed by atoms with Gasteiger partial charge in [0.05, 0.1) is 17.7 Å². The van der Waals surface area contributed by atoms with Gasteiger partial charge in [0, 0.05) is 6.42 Å². The SMILES string of the molecule is C[C@H](OC(=O)CCc1nc2ccccc2o1)C(=O)Nc1ccccc1C#N. The molecule has 0 unspecified atom stereocenters. The highest BCUT2D eigenvalue weighted by molar-refractivity contribution is 5.96. The van der Waals surface area contributed by atoms with E-state index in [1.165, 1.54) is 6.92 Å². The van der Waals surface area contributed by atoms with Crippen molar-refractivity contribution in [3.63, 3.8) is 0 Å². The number of carbonyl (C=O) groups is 2. The number of aromatic nitrogens is 1. The summed E-state index contributed by atoms with van der Waals surface area (Å²) < 4.78 is 10.7. The fourth-order valence-electron chi connectivity index (χ4n) is 2.47. The van der Waals surface area contributed by atoms with Crippen molar-refractivity contribution < 1.29 is 18.7 Å². The molecule has 7 heteroatoms. The Morgan fingerprint density at radius 3 is 2.74 bits per heavy atom. The van der Waals surface area contributed by atoms with Crippen LogP contribution in [0.15, 0.2) is 52.9 Å². The Morgan fingerprint density at radius 1 is 1.22 bits per heavy atom. The van der Waals surface area contributed by atoms with Crippen LogP contribution in [0.2, 0.25) is 0 Å². The van der Waals surface area contributed by atoms with Gasteiger partial charge in [-0.25, -0.2) is 4.98 Å². The molecule has 0 spiro atoms. The highest BCUT2D eigenvalue weighted by Gasteiger charge is 2.19. The van der Waals surface area contributed by atoms with Crippen LogP contribution in [0.4, 0.5) is 5.69 Å². The van der Waals surface area contributed by atoms with Crippen LogP contribution in [0.1, 0.15) is 24.8 Å². The zero-order chi connectivity index (χ0) is 19.2. The normalized spacial score (nSPS) is 11.6. The smallest absolute Gasteiger partial charge is 0.307 e. The molecule has 0 aliphatic carbocycles. The zero-order valence-electron chi connectivity index (χ0n) is 14.6. The Bertz CT molecular complexity index is 986. The first-order valence-electron chi connectivity index (χ1n) is 8.40. The first kappa shape index (κ1) is 18.1. The number of amides is 1. The van der Waals surface area contributed by atoms with Crippen molar-refractivity contribution in [3.8, 4) is 6.07 Å². The van der Waals surface area contributed by atoms with Gasteiger partial charge >= 0.3 is 5.97 Å². The summed E-state index contributed by atoms with van der Waals surface area (Å²) in [7, 11) is 0. The molecular formula is C20H17N3O4. The molecule has 0 radical (unpaired) electrons. The molecule has 0 bridgehead atoms. The quantitative estimate of drug-likeness (QED) is 0.674. The predicted octanol–water partition coefficient (Wildman–Crippen LogP) is 3.20. The van der Waals surface area contributed by atoms with Gasteiger partial charge in [0.25, 0.3) is 5.91 Å². The number of nitrogens with one attached hydrogen (secondary N) is 1. The minimum absolute atomic E-state index is 0.0409. The molecule has 136 valence electrons. The number of oxazole rings is 1. The largest absolute Gasteiger partial charge is 0.453 e. The monoisotopic (exact) mass is 363 g/mol. The van der Waals surface area contributed by atoms with Gasteiger partial charge in [-0.15, -0.1) is 0 Å². The molecule has 1 atom stereocenters. The van der Waals surface area contributed by atoms with Gasteiger partial charge in [0.15, 0.2) is 17.6 Å². The van der Waals surface area contributed by atoms with Crippen molar-refractivity contribution in [2.75, 3.05) is 5.32 Å². The molecule has 1 aromatic heterocycles. The number of hydrogen-bond acceptors (Lipinski definition) is 6. The number of fused-ring (bicyclic) bond motifs is 1. The van der Waals surface area contributed by atoms with Crippen LogP contribution in [0.3, 0.4) is 0 Å². The first-order chi connectivity index (χ1) is 13.1. The molecule has 2 aromatic carbocycles. The number of aryl methyl sites for hydroxylation is 1. The molecule has 3 aromatic rings. The van der Waals surface area contributed by atoms with Crippen LogP contribution in [-0.2, 0) is 20.7 Å². The number of esters is 1. The van der Waals surface area contributed by atoms with Crippen molar-refractivity contribution in [1.82, 2.24) is 4.98 Å². The molecule has 27 heavy (non-hydrogen) atoms. The third-order valence-corrected chi connectivity index (χ3v) is 3.86. The van der Waals surface area contributed by atoms with Crippen molar-refractivity contribution in [1.29, 1.82) is 5.26 Å². The maximum Gasteiger partial charge on any atom is 0.307 e. The fourth-order valence-corrected chi connectivity index (χ4v) is 2.47. The van der Waals surface area contributed by atoms with E-state index in [-0.39, 0.29) is 12.8 Å². The average molecular weight is 363 g/mol. The molecule has 0 fully saturated rings. The van der Waals surface area contributed by atoms with Gasteiger partial charge in [0.1, 0.15) is 11.6 Å². The molecule has 0 saturated heterocycles. The van der Waals surface area contributed by atoms with Crippen molar-refractivity contribution in [3.05, 3.63) is 60.0 Å². The molecule has 1 amide bonds. The molecular weight excluding hydrogens is 346 g/mol. The zero-order valence-corrected chi connectivity index (χ0v) is 14.6. The van der Waals surface area contributed by atoms with Crippen molar-refractivity contribution >= 4 is 28.7 Å². The highest BCUT2D eigenvalue weighted by Crippen LogP contribution is 2.16. The van der Waals surface area contributed by atoms with E-state index in [0.717, 1.165) is 5.52 Å². The van der Waals surface area contributed by atoms with Gasteiger partial charge < -0.3 is 14.5 Å². The van der Waals surface area contributed by atoms with Crippen LogP contribution in [0.5, 0.6) is 0 Å². The van der Waals surface area contributed by atoms with E-state index < -0.39 is 18.0 Å². The minimum Gasteiger partial charge on any atom is -0.453 e. The second-order valence-corrected chi connectivity index (χ2v) is 5.85. The van der Waals surface area contributed by atoms with E-state index in [0.29, 0.717) is 22.7 Å². The Hall–Kier alpha value is -3.66. The van der Waals surface area contributed by atoms with E-state index in [2.05, 4.69) is 10.3 Å². The summed E-state index contributed by atoms with van der Waals surface area (Å²) in [5, 5.41) is 11.6. The average Bonchev–Trinajstić information content (AvgIpc) is 3.09. The summed E-state index contributed by atoms with van der Waals surface area (Å²) in [5.41, 5.74) is 2.09. The minimum atomic E-state index is -0.993. The lowest BCUT2D eigenvalue weighted by Gasteiger charge is -2.13. The summed E-state index contributed by atoms with van der Waals surface area (Å²) in [4.78, 5) is 28.5. The van der Waals surface area contributed by atoms with Crippen LogP contribution < -0.4 is 5.32 Å². The van der Waals surface area contributed by atoms with E-state index in [9.17, 15) is 9.59 Å². The Morgan fingerprint density at radius 2 is 1.96 bits per heavy atom. The van der Waals surface area contributed by atoms with Gasteiger partial charge in [0.2, 0.25) is 0 Å². The summed E-state index contributed by atoms with van der Waals surface area (Å²) in [6, 6.07) is 15.9. The third kappa shape index (κ3) is 4.50. The highest BCUT2D eigenvalue weighted by atomic mass is 16.5. The van der Waals surface area contributed by atoms with Crippen LogP contribution in [0.25, 0.3) is 11.1 Å². The standard InChI is InChI=1S/C20H17N3O4/c1-13(20(25)23-15-7-3-2-6-14(15)12-21)26-19(24)11-10-18-22-16-8-4-5-9-17(16)27-18/h2-9,13H,10-11H2,1H3,(H,23,25)/t13-/m0/s1. The second-order valence-electron chi connectivity index (χ2n) is 5.85. The van der Waals surface area contributed by atoms with Crippen LogP contribution in [-0.4, -0.2) is 23.0 Å². The van der Waals surface area contributed by atoms with Gasteiger partial charge in [-0.05, 0) is 31.2 Å². The molecule has 0 aliphatic rings. The third-order valence-electron chi connectivity index (χ3n) is 3.86. The van der Waals surface area contributed by atoms with Crippen LogP contribution >= 0.6 is 0 Å². The lowest BCUT2D eigenvalue weighted by Crippen LogP contribution is -2.30. The van der Waals surface area contributed by atoms with Crippen molar-refractivity contribution in [2.24, 2.45) is 0 Å². The number of anilines is 1. The van der Waals surface area contributed by atoms with Gasteiger partial charge in [-0.2, -0.15) is 5.26 Å². The Balaban J connectivity index is 1.52. The maximum atomic E-state index is 12.2. The number of ether oxygens (including phenoxy) is 1. The lowest BCUT2D eigenvalue weighted by atomic mass is 10.2. The molecule has 0 aliphatic heterocycles. The Kier molecular flexibility index (Phi) is 5.47. The fraction of sp³-hybridized carbons (Fsp3) is 0.200. The van der Waals surface area contributed by atoms with E-state index in [1.54, 1.807) is 30.3 Å². The molecule has 1 heterocycles. The number of nitrogens with zero attached hydrogens (tertiary/aromatic N) is 2. The second kappa shape index (κ2) is 8.15. The van der Waals surface area contributed by atoms with E-state index in [1.807, 2.05) is 24.3 Å². The number of carbonyl (C=O) groups excluding carboxylic acids is 2. The topological polar surface area (TPSA) is 105 Å². The van der Waals surface area contributed by atoms with Crippen molar-refractivity contribution in [2.45, 2.75) is 25.9 Å². The van der Waals surface area contributed by atoms with E-state index >= 15 is 0 Å². The summed E-state index contributed by atoms with van der Waals surface area (Å²) in [6.45, 7) is 1.47. The molecule has 7 nitrogen and oxygen atoms in total. The summed E-state index contributed by atoms with van der Waals surface area (Å²) in [6.07, 6.45) is -0.675. The number of rotatable bonds is 6. The number of nitriles is 1. The predicted molar refractivity (Wildman–Crippen MR) is 97.7 cm³/mol. The molecule has 0 saturated carbocycles. The Labute approximate surface area is 155 Å². The molecule has 1 N–H and O–H groups in total. The summed E-state index contributed by atoms with van der Waals surface area (Å²) >= 11 is 0. The number of benzene rings is 2. The lowest BCUT2D eigenvalue weighted by molar-refractivity contribution is -0.153. The molecule has 3 rings (SSSR count). The first-order valence-corrected chi connectivity index (χ1v) is 8.40. The number of para-hydroxylation sites is 3. The maximum absolute atomic E-state index is 12.2. The number of hydrogen-bond donors (Lipinski definition) is 1. The summed E-state index contributed by atoms with van der Waals surface area (Å²) in [5.74, 6) is -0.602. The van der Waals surface area contributed by atoms with Crippen LogP contribution in [0, 0.1) is 11.3 Å². The van der Waals surface area contributed by atoms with E-state index in [4.69, 9.17) is 14.4 Å². The van der Waals surface area contributed by atoms with Gasteiger partial charge in [-0.3, -0.25) is 9.59 Å². The van der Waals surface area contributed by atoms with Gasteiger partial charge in [-0.1, -0.05) is 24.3 Å².